The Morgan fingerprint density at radius 1 is 1.47 bits per heavy atom. The van der Waals surface area contributed by atoms with E-state index >= 15 is 0 Å². The Bertz CT molecular complexity index is 440. The molecule has 0 saturated heterocycles. The van der Waals surface area contributed by atoms with Crippen LogP contribution in [0.15, 0.2) is 24.3 Å². The molecule has 0 bridgehead atoms. The third-order valence-corrected chi connectivity index (χ3v) is 2.43. The molecule has 1 aromatic rings. The van der Waals surface area contributed by atoms with Crippen LogP contribution in [0.3, 0.4) is 0 Å². The maximum atomic E-state index is 10.7. The standard InChI is InChI=1S/C12H13ClO4/c1-16-7-8(5-12(14)15)10-4-3-9(17-2)6-11(10)13/h3-6H,7H2,1-2H3,(H,14,15)/b8-5+. The van der Waals surface area contributed by atoms with Gasteiger partial charge < -0.3 is 14.6 Å². The van der Waals surface area contributed by atoms with E-state index in [1.165, 1.54) is 14.2 Å². The van der Waals surface area contributed by atoms with Gasteiger partial charge in [0.2, 0.25) is 0 Å². The monoisotopic (exact) mass is 256 g/mol. The SMILES string of the molecule is COC/C(=C\C(=O)O)c1ccc(OC)cc1Cl. The van der Waals surface area contributed by atoms with Gasteiger partial charge in [-0.05, 0) is 29.3 Å². The molecule has 0 heterocycles. The van der Waals surface area contributed by atoms with Crippen molar-refractivity contribution in [3.05, 3.63) is 34.9 Å². The number of ether oxygens (including phenoxy) is 2. The molecule has 5 heteroatoms. The average molecular weight is 257 g/mol. The zero-order valence-electron chi connectivity index (χ0n) is 9.57. The van der Waals surface area contributed by atoms with E-state index in [9.17, 15) is 4.79 Å². The van der Waals surface area contributed by atoms with Crippen molar-refractivity contribution < 1.29 is 19.4 Å². The summed E-state index contributed by atoms with van der Waals surface area (Å²) in [5, 5.41) is 9.19. The van der Waals surface area contributed by atoms with Gasteiger partial charge in [0.1, 0.15) is 5.75 Å². The summed E-state index contributed by atoms with van der Waals surface area (Å²) in [7, 11) is 3.03. The van der Waals surface area contributed by atoms with Crippen molar-refractivity contribution in [2.45, 2.75) is 0 Å². The van der Waals surface area contributed by atoms with Crippen LogP contribution in [0.4, 0.5) is 0 Å². The molecule has 4 nitrogen and oxygen atoms in total. The quantitative estimate of drug-likeness (QED) is 0.823. The highest BCUT2D eigenvalue weighted by Crippen LogP contribution is 2.28. The van der Waals surface area contributed by atoms with E-state index in [4.69, 9.17) is 26.2 Å². The zero-order valence-corrected chi connectivity index (χ0v) is 10.3. The second kappa shape index (κ2) is 6.27. The van der Waals surface area contributed by atoms with E-state index < -0.39 is 5.97 Å². The molecule has 0 amide bonds. The van der Waals surface area contributed by atoms with Crippen molar-refractivity contribution >= 4 is 23.1 Å². The summed E-state index contributed by atoms with van der Waals surface area (Å²) in [6.45, 7) is 0.179. The maximum Gasteiger partial charge on any atom is 0.328 e. The first-order chi connectivity index (χ1) is 8.08. The molecule has 0 atom stereocenters. The van der Waals surface area contributed by atoms with Gasteiger partial charge in [-0.1, -0.05) is 11.6 Å². The fourth-order valence-electron chi connectivity index (χ4n) is 1.38. The van der Waals surface area contributed by atoms with Gasteiger partial charge >= 0.3 is 5.97 Å². The van der Waals surface area contributed by atoms with Crippen LogP contribution in [0.25, 0.3) is 5.57 Å². The third kappa shape index (κ3) is 3.76. The average Bonchev–Trinajstić information content (AvgIpc) is 2.27. The Morgan fingerprint density at radius 2 is 2.18 bits per heavy atom. The molecule has 0 aliphatic heterocycles. The fraction of sp³-hybridized carbons (Fsp3) is 0.250. The van der Waals surface area contributed by atoms with Gasteiger partial charge in [0.25, 0.3) is 0 Å². The number of rotatable bonds is 5. The van der Waals surface area contributed by atoms with Crippen LogP contribution in [-0.2, 0) is 9.53 Å². The summed E-state index contributed by atoms with van der Waals surface area (Å²) in [5.41, 5.74) is 1.13. The van der Waals surface area contributed by atoms with Crippen LogP contribution >= 0.6 is 11.6 Å². The number of hydrogen-bond donors (Lipinski definition) is 1. The molecular formula is C12H13ClO4. The molecule has 1 aromatic carbocycles. The Kier molecular flexibility index (Phi) is 5.00. The van der Waals surface area contributed by atoms with Gasteiger partial charge in [0.05, 0.1) is 18.7 Å². The molecule has 0 fully saturated rings. The van der Waals surface area contributed by atoms with Crippen LogP contribution in [-0.4, -0.2) is 31.9 Å². The topological polar surface area (TPSA) is 55.8 Å². The van der Waals surface area contributed by atoms with Gasteiger partial charge in [0.15, 0.2) is 0 Å². The predicted octanol–water partition coefficient (Wildman–Crippen LogP) is 2.46. The van der Waals surface area contributed by atoms with Gasteiger partial charge in [0, 0.05) is 13.2 Å². The van der Waals surface area contributed by atoms with Crippen molar-refractivity contribution in [2.24, 2.45) is 0 Å². The number of methoxy groups -OCH3 is 2. The predicted molar refractivity (Wildman–Crippen MR) is 65.5 cm³/mol. The number of benzene rings is 1. The first-order valence-corrected chi connectivity index (χ1v) is 5.22. The Hall–Kier alpha value is -1.52. The first-order valence-electron chi connectivity index (χ1n) is 4.84. The molecule has 0 unspecified atom stereocenters. The molecular weight excluding hydrogens is 244 g/mol. The molecule has 0 radical (unpaired) electrons. The number of halogens is 1. The van der Waals surface area contributed by atoms with Gasteiger partial charge in [-0.25, -0.2) is 4.79 Å². The number of hydrogen-bond acceptors (Lipinski definition) is 3. The number of aliphatic carboxylic acids is 1. The molecule has 17 heavy (non-hydrogen) atoms. The lowest BCUT2D eigenvalue weighted by atomic mass is 10.1. The zero-order chi connectivity index (χ0) is 12.8. The summed E-state index contributed by atoms with van der Waals surface area (Å²) in [4.78, 5) is 10.7. The van der Waals surface area contributed by atoms with Crippen LogP contribution in [0.5, 0.6) is 5.75 Å². The van der Waals surface area contributed by atoms with Crippen molar-refractivity contribution in [1.29, 1.82) is 0 Å². The number of carboxylic acid groups (broad SMARTS) is 1. The van der Waals surface area contributed by atoms with Gasteiger partial charge in [-0.3, -0.25) is 0 Å². The van der Waals surface area contributed by atoms with Gasteiger partial charge in [-0.15, -0.1) is 0 Å². The molecule has 0 aliphatic rings. The molecule has 0 aromatic heterocycles. The summed E-state index contributed by atoms with van der Waals surface area (Å²) in [6.07, 6.45) is 1.08. The number of carboxylic acids is 1. The molecule has 92 valence electrons. The summed E-state index contributed by atoms with van der Waals surface area (Å²) < 4.78 is 9.97. The minimum Gasteiger partial charge on any atom is -0.497 e. The highest BCUT2D eigenvalue weighted by Gasteiger charge is 2.09. The Labute approximate surface area is 104 Å². The second-order valence-electron chi connectivity index (χ2n) is 3.29. The van der Waals surface area contributed by atoms with E-state index in [0.29, 0.717) is 21.9 Å². The maximum absolute atomic E-state index is 10.7. The number of carbonyl (C=O) groups is 1. The van der Waals surface area contributed by atoms with E-state index in [1.807, 2.05) is 0 Å². The van der Waals surface area contributed by atoms with Gasteiger partial charge in [-0.2, -0.15) is 0 Å². The molecule has 1 rings (SSSR count). The highest BCUT2D eigenvalue weighted by molar-refractivity contribution is 6.32. The van der Waals surface area contributed by atoms with Crippen LogP contribution in [0.2, 0.25) is 5.02 Å². The smallest absolute Gasteiger partial charge is 0.328 e. The minimum atomic E-state index is -1.04. The van der Waals surface area contributed by atoms with Crippen molar-refractivity contribution in [3.8, 4) is 5.75 Å². The Morgan fingerprint density at radius 3 is 2.65 bits per heavy atom. The minimum absolute atomic E-state index is 0.179. The van der Waals surface area contributed by atoms with E-state index in [2.05, 4.69) is 0 Å². The van der Waals surface area contributed by atoms with Crippen LogP contribution in [0, 0.1) is 0 Å². The van der Waals surface area contributed by atoms with E-state index in [0.717, 1.165) is 6.08 Å². The van der Waals surface area contributed by atoms with Crippen molar-refractivity contribution in [2.75, 3.05) is 20.8 Å². The molecule has 0 saturated carbocycles. The lowest BCUT2D eigenvalue weighted by molar-refractivity contribution is -0.131. The Balaban J connectivity index is 3.15. The fourth-order valence-corrected chi connectivity index (χ4v) is 1.68. The van der Waals surface area contributed by atoms with E-state index in [-0.39, 0.29) is 6.61 Å². The summed E-state index contributed by atoms with van der Waals surface area (Å²) in [5.74, 6) is -0.422. The summed E-state index contributed by atoms with van der Waals surface area (Å²) in [6, 6.07) is 5.05. The molecule has 0 spiro atoms. The molecule has 0 aliphatic carbocycles. The molecule has 1 N–H and O–H groups in total. The lowest BCUT2D eigenvalue weighted by Gasteiger charge is -2.09. The highest BCUT2D eigenvalue weighted by atomic mass is 35.5. The third-order valence-electron chi connectivity index (χ3n) is 2.12. The van der Waals surface area contributed by atoms with Crippen molar-refractivity contribution in [1.82, 2.24) is 0 Å². The van der Waals surface area contributed by atoms with Crippen molar-refractivity contribution in [3.63, 3.8) is 0 Å². The summed E-state index contributed by atoms with van der Waals surface area (Å²) >= 11 is 6.05. The van der Waals surface area contributed by atoms with E-state index in [1.54, 1.807) is 18.2 Å². The first kappa shape index (κ1) is 13.5. The van der Waals surface area contributed by atoms with Crippen LogP contribution < -0.4 is 4.74 Å². The lowest BCUT2D eigenvalue weighted by Crippen LogP contribution is -1.99. The van der Waals surface area contributed by atoms with Crippen LogP contribution in [0.1, 0.15) is 5.56 Å². The normalized spacial score (nSPS) is 11.4. The largest absolute Gasteiger partial charge is 0.497 e. The second-order valence-corrected chi connectivity index (χ2v) is 3.69.